The summed E-state index contributed by atoms with van der Waals surface area (Å²) in [5.74, 6) is 0.965. The fourth-order valence-corrected chi connectivity index (χ4v) is 5.37. The molecule has 5 rings (SSSR count). The molecule has 5 N–H and O–H groups in total. The van der Waals surface area contributed by atoms with Gasteiger partial charge < -0.3 is 21.3 Å². The predicted octanol–water partition coefficient (Wildman–Crippen LogP) is 4.52. The summed E-state index contributed by atoms with van der Waals surface area (Å²) in [4.78, 5) is 9.17. The first kappa shape index (κ1) is 25.1. The lowest BCUT2D eigenvalue weighted by molar-refractivity contribution is 0.214. The van der Waals surface area contributed by atoms with Gasteiger partial charge in [-0.2, -0.15) is 10.2 Å². The van der Waals surface area contributed by atoms with Crippen molar-refractivity contribution in [1.82, 2.24) is 14.8 Å². The van der Waals surface area contributed by atoms with Crippen LogP contribution in [0.5, 0.6) is 17.4 Å². The van der Waals surface area contributed by atoms with E-state index in [2.05, 4.69) is 26.9 Å². The van der Waals surface area contributed by atoms with Crippen molar-refractivity contribution in [2.24, 2.45) is 0 Å². The number of anilines is 2. The van der Waals surface area contributed by atoms with Crippen LogP contribution in [0.15, 0.2) is 6.07 Å². The number of ether oxygens (including phenoxy) is 1. The molecule has 35 heavy (non-hydrogen) atoms. The summed E-state index contributed by atoms with van der Waals surface area (Å²) in [6.07, 6.45) is 7.82. The Balaban J connectivity index is 0.00000141. The van der Waals surface area contributed by atoms with E-state index in [1.165, 1.54) is 38.5 Å². The minimum atomic E-state index is 0.0506. The Morgan fingerprint density at radius 3 is 2.09 bits per heavy atom. The van der Waals surface area contributed by atoms with Crippen molar-refractivity contribution in [1.29, 1.82) is 5.26 Å². The van der Waals surface area contributed by atoms with Gasteiger partial charge in [-0.1, -0.05) is 26.7 Å². The van der Waals surface area contributed by atoms with Gasteiger partial charge in [0.25, 0.3) is 0 Å². The van der Waals surface area contributed by atoms with E-state index in [0.717, 1.165) is 49.4 Å². The fraction of sp³-hybridized carbons (Fsp3) is 0.556. The zero-order valence-electron chi connectivity index (χ0n) is 21.1. The van der Waals surface area contributed by atoms with Crippen LogP contribution in [0.3, 0.4) is 0 Å². The van der Waals surface area contributed by atoms with Crippen LogP contribution in [-0.4, -0.2) is 46.1 Å². The normalized spacial score (nSPS) is 17.9. The predicted molar refractivity (Wildman–Crippen MR) is 138 cm³/mol. The van der Waals surface area contributed by atoms with E-state index in [1.807, 2.05) is 13.8 Å². The van der Waals surface area contributed by atoms with Crippen LogP contribution in [0.1, 0.15) is 80.2 Å². The van der Waals surface area contributed by atoms with E-state index >= 15 is 0 Å². The second kappa shape index (κ2) is 11.1. The maximum Gasteiger partial charge on any atom is 0.227 e. The molecule has 2 aromatic rings. The molecule has 0 aliphatic carbocycles. The summed E-state index contributed by atoms with van der Waals surface area (Å²) in [6.45, 7) is 9.76. The Morgan fingerprint density at radius 1 is 0.943 bits per heavy atom. The summed E-state index contributed by atoms with van der Waals surface area (Å²) in [7, 11) is 0. The fourth-order valence-electron chi connectivity index (χ4n) is 5.37. The van der Waals surface area contributed by atoms with Crippen LogP contribution in [0.2, 0.25) is 0 Å². The summed E-state index contributed by atoms with van der Waals surface area (Å²) in [5, 5.41) is 20.7. The number of likely N-dealkylation sites (tertiary alicyclic amines) is 2. The number of benzene rings is 1. The van der Waals surface area contributed by atoms with Crippen LogP contribution in [0.25, 0.3) is 0 Å². The third kappa shape index (κ3) is 5.16. The number of rotatable bonds is 4. The molecule has 0 spiro atoms. The lowest BCUT2D eigenvalue weighted by Crippen LogP contribution is -2.31. The molecule has 1 aromatic heterocycles. The highest BCUT2D eigenvalue weighted by Crippen LogP contribution is 2.47. The second-order valence-corrected chi connectivity index (χ2v) is 9.48. The van der Waals surface area contributed by atoms with E-state index in [4.69, 9.17) is 16.2 Å². The Kier molecular flexibility index (Phi) is 7.99. The number of fused-ring (bicyclic) bond motifs is 2. The lowest BCUT2D eigenvalue weighted by atomic mass is 9.91. The third-order valence-electron chi connectivity index (χ3n) is 7.21. The van der Waals surface area contributed by atoms with Crippen molar-refractivity contribution < 1.29 is 9.84 Å². The molecule has 188 valence electrons. The highest BCUT2D eigenvalue weighted by atomic mass is 16.5. The van der Waals surface area contributed by atoms with Crippen molar-refractivity contribution in [2.75, 3.05) is 37.6 Å². The molecule has 2 fully saturated rings. The van der Waals surface area contributed by atoms with Crippen LogP contribution in [0, 0.1) is 11.3 Å². The number of nitrogens with zero attached hydrogens (tertiary/aromatic N) is 4. The Bertz CT molecular complexity index is 1100. The third-order valence-corrected chi connectivity index (χ3v) is 7.21. The monoisotopic (exact) mass is 478 g/mol. The number of nitriles is 1. The van der Waals surface area contributed by atoms with Gasteiger partial charge in [0.05, 0.1) is 5.69 Å². The molecule has 0 unspecified atom stereocenters. The number of nitrogen functional groups attached to an aromatic ring is 2. The first-order valence-electron chi connectivity index (χ1n) is 13.0. The molecule has 1 aromatic carbocycles. The molecule has 4 heterocycles. The van der Waals surface area contributed by atoms with Gasteiger partial charge in [0.15, 0.2) is 11.5 Å². The molecule has 2 saturated heterocycles. The van der Waals surface area contributed by atoms with Gasteiger partial charge in [0.1, 0.15) is 17.5 Å². The number of piperidine rings is 2. The standard InChI is InChI=1S/C25H32N6O2.C2H6/c26-13-20-21(27)19-12-18-16(14-30-7-3-1-4-8-30)11-17(15-31-9-5-2-6-10-31)22(32)23(18)33-25(19)29-24(20)28;1-2/h11,32H,1-10,12,14-15H2,(H4,27,28,29);1-2H3. The van der Waals surface area contributed by atoms with Crippen LogP contribution < -0.4 is 16.2 Å². The largest absolute Gasteiger partial charge is 0.504 e. The maximum absolute atomic E-state index is 11.3. The van der Waals surface area contributed by atoms with Crippen molar-refractivity contribution in [3.63, 3.8) is 0 Å². The average Bonchev–Trinajstić information content (AvgIpc) is 2.89. The van der Waals surface area contributed by atoms with Crippen molar-refractivity contribution in [3.05, 3.63) is 33.9 Å². The number of phenols is 1. The Hall–Kier alpha value is -3.02. The van der Waals surface area contributed by atoms with Crippen molar-refractivity contribution in [3.8, 4) is 23.4 Å². The lowest BCUT2D eigenvalue weighted by Gasteiger charge is -2.31. The van der Waals surface area contributed by atoms with Crippen LogP contribution in [0.4, 0.5) is 11.5 Å². The van der Waals surface area contributed by atoms with Crippen LogP contribution >= 0.6 is 0 Å². The number of pyridine rings is 1. The average molecular weight is 479 g/mol. The van der Waals surface area contributed by atoms with Gasteiger partial charge in [0, 0.05) is 36.2 Å². The van der Waals surface area contributed by atoms with Gasteiger partial charge in [-0.25, -0.2) is 0 Å². The summed E-state index contributed by atoms with van der Waals surface area (Å²) >= 11 is 0. The number of phenolic OH excluding ortho intramolecular Hbond substituents is 1. The Morgan fingerprint density at radius 2 is 1.51 bits per heavy atom. The molecule has 3 aliphatic rings. The van der Waals surface area contributed by atoms with Crippen molar-refractivity contribution in [2.45, 2.75) is 71.9 Å². The zero-order chi connectivity index (χ0) is 24.9. The van der Waals surface area contributed by atoms with E-state index < -0.39 is 0 Å². The molecule has 0 saturated carbocycles. The second-order valence-electron chi connectivity index (χ2n) is 9.48. The first-order valence-corrected chi connectivity index (χ1v) is 13.0. The number of nitrogens with two attached hydrogens (primary N) is 2. The first-order chi connectivity index (χ1) is 17.0. The van der Waals surface area contributed by atoms with E-state index in [9.17, 15) is 10.4 Å². The highest BCUT2D eigenvalue weighted by molar-refractivity contribution is 5.73. The summed E-state index contributed by atoms with van der Waals surface area (Å²) < 4.78 is 6.16. The Labute approximate surface area is 208 Å². The quantitative estimate of drug-likeness (QED) is 0.500. The van der Waals surface area contributed by atoms with Crippen LogP contribution in [-0.2, 0) is 19.5 Å². The molecular formula is C27H38N6O2. The van der Waals surface area contributed by atoms with Crippen molar-refractivity contribution >= 4 is 11.5 Å². The molecule has 8 nitrogen and oxygen atoms in total. The topological polar surface area (TPSA) is 125 Å². The SMILES string of the molecule is CC.N#Cc1c(N)nc2c(c1N)Cc1c(CN3CCCCC3)cc(CN3CCCCC3)c(O)c1O2. The highest BCUT2D eigenvalue weighted by Gasteiger charge is 2.30. The maximum atomic E-state index is 11.3. The molecule has 0 amide bonds. The minimum absolute atomic E-state index is 0.0506. The van der Waals surface area contributed by atoms with Gasteiger partial charge in [-0.05, 0) is 63.5 Å². The summed E-state index contributed by atoms with van der Waals surface area (Å²) in [5.41, 5.74) is 16.4. The molecule has 0 radical (unpaired) electrons. The molecule has 8 heteroatoms. The van der Waals surface area contributed by atoms with Gasteiger partial charge in [-0.3, -0.25) is 9.80 Å². The molecule has 0 bridgehead atoms. The number of hydrogen-bond acceptors (Lipinski definition) is 8. The summed E-state index contributed by atoms with van der Waals surface area (Å²) in [6, 6.07) is 4.20. The van der Waals surface area contributed by atoms with E-state index in [1.54, 1.807) is 0 Å². The zero-order valence-corrected chi connectivity index (χ0v) is 21.1. The number of aromatic hydroxyl groups is 1. The van der Waals surface area contributed by atoms with Gasteiger partial charge in [0.2, 0.25) is 5.88 Å². The number of hydrogen-bond donors (Lipinski definition) is 3. The van der Waals surface area contributed by atoms with E-state index in [-0.39, 0.29) is 23.0 Å². The smallest absolute Gasteiger partial charge is 0.227 e. The van der Waals surface area contributed by atoms with Gasteiger partial charge in [-0.15, -0.1) is 0 Å². The van der Waals surface area contributed by atoms with E-state index in [0.29, 0.717) is 30.0 Å². The molecule has 3 aliphatic heterocycles. The number of aromatic nitrogens is 1. The van der Waals surface area contributed by atoms with Gasteiger partial charge >= 0.3 is 0 Å². The molecular weight excluding hydrogens is 440 g/mol. The molecule has 0 atom stereocenters. The minimum Gasteiger partial charge on any atom is -0.504 e.